The molecule has 1 aliphatic carbocycles. The van der Waals surface area contributed by atoms with Gasteiger partial charge in [0.2, 0.25) is 0 Å². The van der Waals surface area contributed by atoms with Gasteiger partial charge in [-0.05, 0) is 44.4 Å². The zero-order valence-corrected chi connectivity index (χ0v) is 12.3. The highest BCUT2D eigenvalue weighted by Crippen LogP contribution is 2.41. The predicted octanol–water partition coefficient (Wildman–Crippen LogP) is 2.88. The zero-order valence-electron chi connectivity index (χ0n) is 12.3. The minimum atomic E-state index is 0.568. The standard InChI is InChI=1S/C15H30N2/c1-11-8-15(4,5)7-6-14(11)17-10-12(2)16-9-13(17)3/h11-14,16H,6-10H2,1-5H3. The van der Waals surface area contributed by atoms with E-state index >= 15 is 0 Å². The van der Waals surface area contributed by atoms with Crippen molar-refractivity contribution in [1.82, 2.24) is 10.2 Å². The van der Waals surface area contributed by atoms with Crippen molar-refractivity contribution >= 4 is 0 Å². The van der Waals surface area contributed by atoms with Crippen molar-refractivity contribution in [3.8, 4) is 0 Å². The van der Waals surface area contributed by atoms with Crippen LogP contribution in [0.2, 0.25) is 0 Å². The summed E-state index contributed by atoms with van der Waals surface area (Å²) in [6.07, 6.45) is 4.18. The van der Waals surface area contributed by atoms with Crippen molar-refractivity contribution in [3.05, 3.63) is 0 Å². The topological polar surface area (TPSA) is 15.3 Å². The van der Waals surface area contributed by atoms with Crippen LogP contribution in [0.1, 0.15) is 53.9 Å². The molecule has 0 aromatic carbocycles. The number of nitrogens with one attached hydrogen (secondary N) is 1. The third kappa shape index (κ3) is 3.03. The maximum absolute atomic E-state index is 3.59. The Labute approximate surface area is 107 Å². The van der Waals surface area contributed by atoms with E-state index in [9.17, 15) is 0 Å². The quantitative estimate of drug-likeness (QED) is 0.755. The van der Waals surface area contributed by atoms with Gasteiger partial charge in [0.25, 0.3) is 0 Å². The Morgan fingerprint density at radius 3 is 2.53 bits per heavy atom. The highest BCUT2D eigenvalue weighted by molar-refractivity contribution is 4.93. The molecule has 1 N–H and O–H groups in total. The van der Waals surface area contributed by atoms with Gasteiger partial charge in [-0.1, -0.05) is 20.8 Å². The molecule has 17 heavy (non-hydrogen) atoms. The van der Waals surface area contributed by atoms with Crippen molar-refractivity contribution in [2.75, 3.05) is 13.1 Å². The van der Waals surface area contributed by atoms with Gasteiger partial charge in [-0.3, -0.25) is 4.90 Å². The van der Waals surface area contributed by atoms with E-state index in [1.165, 1.54) is 25.8 Å². The van der Waals surface area contributed by atoms with Crippen LogP contribution < -0.4 is 5.32 Å². The van der Waals surface area contributed by atoms with Gasteiger partial charge in [-0.25, -0.2) is 0 Å². The minimum absolute atomic E-state index is 0.568. The van der Waals surface area contributed by atoms with Gasteiger partial charge in [-0.15, -0.1) is 0 Å². The Morgan fingerprint density at radius 2 is 1.88 bits per heavy atom. The van der Waals surface area contributed by atoms with Gasteiger partial charge in [0, 0.05) is 31.2 Å². The molecule has 0 aromatic heterocycles. The van der Waals surface area contributed by atoms with Crippen LogP contribution in [0.15, 0.2) is 0 Å². The molecule has 100 valence electrons. The molecule has 0 spiro atoms. The van der Waals surface area contributed by atoms with E-state index in [0.29, 0.717) is 17.5 Å². The maximum atomic E-state index is 3.59. The summed E-state index contributed by atoms with van der Waals surface area (Å²) in [4.78, 5) is 2.78. The van der Waals surface area contributed by atoms with Gasteiger partial charge >= 0.3 is 0 Å². The van der Waals surface area contributed by atoms with Crippen LogP contribution in [0.5, 0.6) is 0 Å². The van der Waals surface area contributed by atoms with E-state index in [0.717, 1.165) is 18.5 Å². The summed E-state index contributed by atoms with van der Waals surface area (Å²) in [5, 5.41) is 3.59. The van der Waals surface area contributed by atoms with Gasteiger partial charge < -0.3 is 5.32 Å². The molecule has 2 rings (SSSR count). The molecular weight excluding hydrogens is 208 g/mol. The average Bonchev–Trinajstić information content (AvgIpc) is 2.21. The van der Waals surface area contributed by atoms with Crippen LogP contribution in [-0.4, -0.2) is 36.1 Å². The lowest BCUT2D eigenvalue weighted by atomic mass is 9.70. The first kappa shape index (κ1) is 13.4. The third-order valence-corrected chi connectivity index (χ3v) is 4.89. The van der Waals surface area contributed by atoms with Crippen molar-refractivity contribution in [1.29, 1.82) is 0 Å². The molecule has 4 unspecified atom stereocenters. The number of hydrogen-bond acceptors (Lipinski definition) is 2. The fourth-order valence-corrected chi connectivity index (χ4v) is 3.94. The highest BCUT2D eigenvalue weighted by Gasteiger charge is 2.38. The Bertz CT molecular complexity index is 262. The molecular formula is C15H30N2. The first-order valence-electron chi connectivity index (χ1n) is 7.38. The Kier molecular flexibility index (Phi) is 3.84. The molecule has 0 amide bonds. The zero-order chi connectivity index (χ0) is 12.6. The Hall–Kier alpha value is -0.0800. The van der Waals surface area contributed by atoms with Crippen LogP contribution in [0.4, 0.5) is 0 Å². The normalized spacial score (nSPS) is 43.6. The molecule has 1 saturated carbocycles. The predicted molar refractivity (Wildman–Crippen MR) is 74.2 cm³/mol. The number of nitrogens with zero attached hydrogens (tertiary/aromatic N) is 1. The van der Waals surface area contributed by atoms with Gasteiger partial charge in [0.1, 0.15) is 0 Å². The minimum Gasteiger partial charge on any atom is -0.311 e. The summed E-state index contributed by atoms with van der Waals surface area (Å²) >= 11 is 0. The molecule has 2 heteroatoms. The maximum Gasteiger partial charge on any atom is 0.0196 e. The Balaban J connectivity index is 2.01. The smallest absolute Gasteiger partial charge is 0.0196 e. The third-order valence-electron chi connectivity index (χ3n) is 4.89. The monoisotopic (exact) mass is 238 g/mol. The summed E-state index contributed by atoms with van der Waals surface area (Å²) in [5.41, 5.74) is 0.568. The van der Waals surface area contributed by atoms with Crippen LogP contribution in [-0.2, 0) is 0 Å². The second kappa shape index (κ2) is 4.89. The van der Waals surface area contributed by atoms with Gasteiger partial charge in [0.05, 0.1) is 0 Å². The summed E-state index contributed by atoms with van der Waals surface area (Å²) in [7, 11) is 0. The summed E-state index contributed by atoms with van der Waals surface area (Å²) in [6, 6.07) is 2.19. The summed E-state index contributed by atoms with van der Waals surface area (Å²) < 4.78 is 0. The van der Waals surface area contributed by atoms with E-state index < -0.39 is 0 Å². The van der Waals surface area contributed by atoms with Crippen LogP contribution in [0.25, 0.3) is 0 Å². The molecule has 2 fully saturated rings. The number of rotatable bonds is 1. The lowest BCUT2D eigenvalue weighted by molar-refractivity contribution is 0.0157. The molecule has 0 bridgehead atoms. The van der Waals surface area contributed by atoms with Gasteiger partial charge in [0.15, 0.2) is 0 Å². The molecule has 2 nitrogen and oxygen atoms in total. The summed E-state index contributed by atoms with van der Waals surface area (Å²) in [6.45, 7) is 14.4. The van der Waals surface area contributed by atoms with Gasteiger partial charge in [-0.2, -0.15) is 0 Å². The van der Waals surface area contributed by atoms with Crippen molar-refractivity contribution in [2.45, 2.75) is 72.0 Å². The van der Waals surface area contributed by atoms with Crippen molar-refractivity contribution in [3.63, 3.8) is 0 Å². The molecule has 0 aromatic rings. The molecule has 1 heterocycles. The van der Waals surface area contributed by atoms with Crippen LogP contribution in [0, 0.1) is 11.3 Å². The van der Waals surface area contributed by atoms with Crippen molar-refractivity contribution < 1.29 is 0 Å². The lowest BCUT2D eigenvalue weighted by Crippen LogP contribution is -2.59. The molecule has 1 aliphatic heterocycles. The Morgan fingerprint density at radius 1 is 1.18 bits per heavy atom. The SMILES string of the molecule is CC1CN(C2CCC(C)(C)CC2C)C(C)CN1. The highest BCUT2D eigenvalue weighted by atomic mass is 15.3. The molecule has 4 atom stereocenters. The number of piperazine rings is 1. The fourth-order valence-electron chi connectivity index (χ4n) is 3.94. The average molecular weight is 238 g/mol. The van der Waals surface area contributed by atoms with E-state index in [4.69, 9.17) is 0 Å². The lowest BCUT2D eigenvalue weighted by Gasteiger charge is -2.49. The second-order valence-corrected chi connectivity index (χ2v) is 7.31. The molecule has 0 radical (unpaired) electrons. The van der Waals surface area contributed by atoms with E-state index in [2.05, 4.69) is 44.8 Å². The van der Waals surface area contributed by atoms with E-state index in [1.54, 1.807) is 0 Å². The first-order chi connectivity index (χ1) is 7.89. The fraction of sp³-hybridized carbons (Fsp3) is 1.00. The largest absolute Gasteiger partial charge is 0.311 e. The number of hydrogen-bond donors (Lipinski definition) is 1. The van der Waals surface area contributed by atoms with Crippen LogP contribution >= 0.6 is 0 Å². The molecule has 1 saturated heterocycles. The van der Waals surface area contributed by atoms with Crippen molar-refractivity contribution in [2.24, 2.45) is 11.3 Å². The molecule has 2 aliphatic rings. The van der Waals surface area contributed by atoms with Crippen LogP contribution in [0.3, 0.4) is 0 Å². The second-order valence-electron chi connectivity index (χ2n) is 7.31. The first-order valence-corrected chi connectivity index (χ1v) is 7.38. The van der Waals surface area contributed by atoms with E-state index in [-0.39, 0.29) is 0 Å². The van der Waals surface area contributed by atoms with E-state index in [1.807, 2.05) is 0 Å². The summed E-state index contributed by atoms with van der Waals surface area (Å²) in [5.74, 6) is 0.853.